The molecular weight excluding hydrogens is 283 g/mol. The van der Waals surface area contributed by atoms with E-state index in [4.69, 9.17) is 4.74 Å². The van der Waals surface area contributed by atoms with Crippen LogP contribution in [0, 0.1) is 0 Å². The molecule has 0 spiro atoms. The maximum absolute atomic E-state index is 13.2. The molecule has 3 nitrogen and oxygen atoms in total. The summed E-state index contributed by atoms with van der Waals surface area (Å²) in [5, 5.41) is 0. The van der Waals surface area contributed by atoms with Crippen LogP contribution in [0.3, 0.4) is 0 Å². The lowest BCUT2D eigenvalue weighted by Gasteiger charge is -2.28. The lowest BCUT2D eigenvalue weighted by Crippen LogP contribution is -2.39. The maximum atomic E-state index is 13.2. The molecule has 1 rings (SSSR count). The molecule has 0 radical (unpaired) electrons. The summed E-state index contributed by atoms with van der Waals surface area (Å²) in [6.07, 6.45) is -5.20. The van der Waals surface area contributed by atoms with Crippen LogP contribution in [0.15, 0.2) is 30.3 Å². The summed E-state index contributed by atoms with van der Waals surface area (Å²) >= 11 is 0. The van der Waals surface area contributed by atoms with Crippen LogP contribution in [0.5, 0.6) is 0 Å². The third kappa shape index (κ3) is 5.65. The van der Waals surface area contributed by atoms with Crippen molar-refractivity contribution in [1.29, 1.82) is 0 Å². The number of rotatable bonds is 3. The van der Waals surface area contributed by atoms with Crippen molar-refractivity contribution in [2.24, 2.45) is 0 Å². The summed E-state index contributed by atoms with van der Waals surface area (Å²) in [5.41, 5.74) is -0.619. The third-order valence-corrected chi connectivity index (χ3v) is 2.76. The van der Waals surface area contributed by atoms with E-state index >= 15 is 0 Å². The molecular formula is C15H20F3NO2. The fraction of sp³-hybridized carbons (Fsp3) is 0.533. The van der Waals surface area contributed by atoms with Gasteiger partial charge in [-0.2, -0.15) is 13.2 Å². The highest BCUT2D eigenvalue weighted by atomic mass is 19.4. The zero-order valence-electron chi connectivity index (χ0n) is 12.6. The van der Waals surface area contributed by atoms with Gasteiger partial charge in [-0.05, 0) is 26.3 Å². The Morgan fingerprint density at radius 1 is 1.19 bits per heavy atom. The number of alkyl halides is 3. The number of hydrogen-bond acceptors (Lipinski definition) is 2. The second-order valence-electron chi connectivity index (χ2n) is 5.87. The summed E-state index contributed by atoms with van der Waals surface area (Å²) in [5.74, 6) is -1.74. The Kier molecular flexibility index (Phi) is 5.25. The number of likely N-dealkylation sites (N-methyl/N-ethyl adjacent to an activating group) is 1. The Hall–Kier alpha value is -1.72. The summed E-state index contributed by atoms with van der Waals surface area (Å²) < 4.78 is 44.6. The topological polar surface area (TPSA) is 29.5 Å². The quantitative estimate of drug-likeness (QED) is 0.837. The number of amides is 1. The van der Waals surface area contributed by atoms with E-state index in [0.29, 0.717) is 0 Å². The van der Waals surface area contributed by atoms with Crippen LogP contribution in [0.2, 0.25) is 0 Å². The minimum atomic E-state index is -4.43. The van der Waals surface area contributed by atoms with Gasteiger partial charge in [0.05, 0.1) is 5.92 Å². The zero-order chi connectivity index (χ0) is 16.3. The van der Waals surface area contributed by atoms with Crippen LogP contribution < -0.4 is 0 Å². The van der Waals surface area contributed by atoms with Crippen molar-refractivity contribution in [1.82, 2.24) is 4.90 Å². The van der Waals surface area contributed by atoms with E-state index in [9.17, 15) is 18.0 Å². The van der Waals surface area contributed by atoms with Gasteiger partial charge in [0.1, 0.15) is 5.60 Å². The first-order valence-corrected chi connectivity index (χ1v) is 6.56. The molecule has 1 unspecified atom stereocenters. The molecule has 0 aromatic heterocycles. The van der Waals surface area contributed by atoms with Gasteiger partial charge in [0.15, 0.2) is 0 Å². The second kappa shape index (κ2) is 6.37. The molecule has 0 aliphatic rings. The maximum Gasteiger partial charge on any atom is 0.410 e. The molecule has 0 bridgehead atoms. The number of halogens is 3. The summed E-state index contributed by atoms with van der Waals surface area (Å²) in [4.78, 5) is 12.7. The van der Waals surface area contributed by atoms with Gasteiger partial charge < -0.3 is 9.64 Å². The van der Waals surface area contributed by atoms with E-state index in [0.717, 1.165) is 4.90 Å². The van der Waals surface area contributed by atoms with E-state index in [2.05, 4.69) is 0 Å². The molecule has 1 aromatic rings. The summed E-state index contributed by atoms with van der Waals surface area (Å²) in [6.45, 7) is 4.51. The normalized spacial score (nSPS) is 13.7. The second-order valence-corrected chi connectivity index (χ2v) is 5.87. The average molecular weight is 303 g/mol. The van der Waals surface area contributed by atoms with Crippen molar-refractivity contribution in [3.05, 3.63) is 35.9 Å². The van der Waals surface area contributed by atoms with Crippen molar-refractivity contribution < 1.29 is 22.7 Å². The first-order valence-electron chi connectivity index (χ1n) is 6.56. The molecule has 0 aliphatic heterocycles. The minimum Gasteiger partial charge on any atom is -0.444 e. The fourth-order valence-corrected chi connectivity index (χ4v) is 1.77. The predicted octanol–water partition coefficient (Wildman–Crippen LogP) is 4.20. The molecule has 1 amide bonds. The predicted molar refractivity (Wildman–Crippen MR) is 74.1 cm³/mol. The van der Waals surface area contributed by atoms with E-state index in [1.54, 1.807) is 39.0 Å². The first kappa shape index (κ1) is 17.3. The molecule has 0 saturated carbocycles. The molecule has 1 aromatic carbocycles. The smallest absolute Gasteiger partial charge is 0.410 e. The van der Waals surface area contributed by atoms with Gasteiger partial charge in [0, 0.05) is 13.6 Å². The summed E-state index contributed by atoms with van der Waals surface area (Å²) in [6, 6.07) is 7.54. The largest absolute Gasteiger partial charge is 0.444 e. The summed E-state index contributed by atoms with van der Waals surface area (Å²) in [7, 11) is 1.30. The van der Waals surface area contributed by atoms with Crippen molar-refractivity contribution in [2.45, 2.75) is 38.5 Å². The molecule has 6 heteroatoms. The third-order valence-electron chi connectivity index (χ3n) is 2.76. The standard InChI is InChI=1S/C15H20F3NO2/c1-14(2,3)21-13(20)19(4)10-12(15(16,17)18)11-8-6-5-7-9-11/h5-9,12H,10H2,1-4H3. The van der Waals surface area contributed by atoms with Gasteiger partial charge in [-0.1, -0.05) is 30.3 Å². The SMILES string of the molecule is CN(CC(c1ccccc1)C(F)(F)F)C(=O)OC(C)(C)C. The number of nitrogens with zero attached hydrogens (tertiary/aromatic N) is 1. The Labute approximate surface area is 122 Å². The van der Waals surface area contributed by atoms with Gasteiger partial charge in [-0.25, -0.2) is 4.79 Å². The van der Waals surface area contributed by atoms with E-state index in [1.165, 1.54) is 19.2 Å². The van der Waals surface area contributed by atoms with E-state index in [1.807, 2.05) is 0 Å². The van der Waals surface area contributed by atoms with Crippen LogP contribution >= 0.6 is 0 Å². The van der Waals surface area contributed by atoms with E-state index < -0.39 is 30.3 Å². The first-order chi connectivity index (χ1) is 9.50. The minimum absolute atomic E-state index is 0.125. The molecule has 21 heavy (non-hydrogen) atoms. The average Bonchev–Trinajstić information content (AvgIpc) is 2.33. The van der Waals surface area contributed by atoms with Crippen molar-refractivity contribution in [3.8, 4) is 0 Å². The van der Waals surface area contributed by atoms with Gasteiger partial charge in [-0.15, -0.1) is 0 Å². The lowest BCUT2D eigenvalue weighted by molar-refractivity contribution is -0.153. The molecule has 1 atom stereocenters. The highest BCUT2D eigenvalue weighted by molar-refractivity contribution is 5.67. The number of ether oxygens (including phenoxy) is 1. The Bertz CT molecular complexity index is 466. The Balaban J connectivity index is 2.86. The fourth-order valence-electron chi connectivity index (χ4n) is 1.77. The van der Waals surface area contributed by atoms with Gasteiger partial charge >= 0.3 is 12.3 Å². The van der Waals surface area contributed by atoms with Crippen LogP contribution in [0.1, 0.15) is 32.3 Å². The molecule has 0 saturated heterocycles. The van der Waals surface area contributed by atoms with Crippen LogP contribution in [0.4, 0.5) is 18.0 Å². The highest BCUT2D eigenvalue weighted by Gasteiger charge is 2.42. The van der Waals surface area contributed by atoms with Gasteiger partial charge in [0.2, 0.25) is 0 Å². The molecule has 0 N–H and O–H groups in total. The zero-order valence-corrected chi connectivity index (χ0v) is 12.6. The van der Waals surface area contributed by atoms with Crippen LogP contribution in [0.25, 0.3) is 0 Å². The highest BCUT2D eigenvalue weighted by Crippen LogP contribution is 2.35. The van der Waals surface area contributed by atoms with Gasteiger partial charge in [-0.3, -0.25) is 0 Å². The van der Waals surface area contributed by atoms with Gasteiger partial charge in [0.25, 0.3) is 0 Å². The number of carbonyl (C=O) groups excluding carboxylic acids is 1. The van der Waals surface area contributed by atoms with Crippen LogP contribution in [-0.2, 0) is 4.74 Å². The molecule has 118 valence electrons. The monoisotopic (exact) mass is 303 g/mol. The van der Waals surface area contributed by atoms with Crippen molar-refractivity contribution >= 4 is 6.09 Å². The van der Waals surface area contributed by atoms with Crippen LogP contribution in [-0.4, -0.2) is 36.4 Å². The molecule has 0 aliphatic carbocycles. The van der Waals surface area contributed by atoms with E-state index in [-0.39, 0.29) is 5.56 Å². The number of benzene rings is 1. The molecule has 0 heterocycles. The lowest BCUT2D eigenvalue weighted by atomic mass is 9.98. The van der Waals surface area contributed by atoms with Crippen molar-refractivity contribution in [3.63, 3.8) is 0 Å². The Morgan fingerprint density at radius 2 is 1.71 bits per heavy atom. The Morgan fingerprint density at radius 3 is 2.14 bits per heavy atom. The number of hydrogen-bond donors (Lipinski definition) is 0. The van der Waals surface area contributed by atoms with Crippen molar-refractivity contribution in [2.75, 3.05) is 13.6 Å². The molecule has 0 fully saturated rings. The number of carbonyl (C=O) groups is 1.